The molecule has 0 amide bonds. The number of rotatable bonds is 7. The molecule has 1 unspecified atom stereocenters. The third-order valence-corrected chi connectivity index (χ3v) is 2.89. The Kier molecular flexibility index (Phi) is 5.05. The highest BCUT2D eigenvalue weighted by Gasteiger charge is 2.38. The minimum Gasteiger partial charge on any atom is -0.313 e. The molecule has 1 saturated carbocycles. The van der Waals surface area contributed by atoms with Crippen LogP contribution in [0.3, 0.4) is 0 Å². The molecule has 0 spiro atoms. The van der Waals surface area contributed by atoms with E-state index in [0.717, 1.165) is 25.8 Å². The second-order valence-corrected chi connectivity index (χ2v) is 4.44. The highest BCUT2D eigenvalue weighted by molar-refractivity contribution is 4.87. The smallest absolute Gasteiger partial charge is 0.313 e. The number of nitrogens with zero attached hydrogens (tertiary/aromatic N) is 1. The maximum absolute atomic E-state index is 12.4. The van der Waals surface area contributed by atoms with Crippen molar-refractivity contribution in [3.05, 3.63) is 0 Å². The summed E-state index contributed by atoms with van der Waals surface area (Å²) >= 11 is 0. The highest BCUT2D eigenvalue weighted by Crippen LogP contribution is 2.30. The van der Waals surface area contributed by atoms with Gasteiger partial charge < -0.3 is 5.32 Å². The van der Waals surface area contributed by atoms with Gasteiger partial charge in [0.05, 0.1) is 6.54 Å². The zero-order chi connectivity index (χ0) is 12.2. The minimum absolute atomic E-state index is 0.161. The van der Waals surface area contributed by atoms with Crippen LogP contribution in [0.2, 0.25) is 0 Å². The average molecular weight is 238 g/mol. The second kappa shape index (κ2) is 5.87. The van der Waals surface area contributed by atoms with E-state index in [1.807, 2.05) is 13.8 Å². The van der Waals surface area contributed by atoms with E-state index in [9.17, 15) is 13.2 Å². The van der Waals surface area contributed by atoms with Crippen molar-refractivity contribution in [3.63, 3.8) is 0 Å². The van der Waals surface area contributed by atoms with Crippen LogP contribution in [0.4, 0.5) is 13.2 Å². The lowest BCUT2D eigenvalue weighted by molar-refractivity contribution is -0.147. The first-order chi connectivity index (χ1) is 7.46. The predicted molar refractivity (Wildman–Crippen MR) is 58.4 cm³/mol. The number of alkyl halides is 3. The normalized spacial score (nSPS) is 19.1. The Morgan fingerprint density at radius 1 is 1.31 bits per heavy atom. The SMILES string of the molecule is CCNC(CC)CN(CC(F)(F)F)C1CC1. The van der Waals surface area contributed by atoms with Crippen LogP contribution < -0.4 is 5.32 Å². The van der Waals surface area contributed by atoms with Gasteiger partial charge in [0, 0.05) is 18.6 Å². The van der Waals surface area contributed by atoms with Crippen molar-refractivity contribution in [3.8, 4) is 0 Å². The Bertz CT molecular complexity index is 202. The van der Waals surface area contributed by atoms with Crippen LogP contribution in [0.15, 0.2) is 0 Å². The molecule has 1 N–H and O–H groups in total. The Hall–Kier alpha value is -0.290. The van der Waals surface area contributed by atoms with Crippen molar-refractivity contribution < 1.29 is 13.2 Å². The first-order valence-electron chi connectivity index (χ1n) is 6.00. The standard InChI is InChI=1S/C11H21F3N2/c1-3-9(15-4-2)7-16(10-5-6-10)8-11(12,13)14/h9-10,15H,3-8H2,1-2H3. The molecule has 1 aliphatic carbocycles. The molecule has 96 valence electrons. The topological polar surface area (TPSA) is 15.3 Å². The van der Waals surface area contributed by atoms with E-state index in [4.69, 9.17) is 0 Å². The molecule has 1 fully saturated rings. The highest BCUT2D eigenvalue weighted by atomic mass is 19.4. The van der Waals surface area contributed by atoms with Gasteiger partial charge >= 0.3 is 6.18 Å². The van der Waals surface area contributed by atoms with Crippen molar-refractivity contribution in [2.75, 3.05) is 19.6 Å². The summed E-state index contributed by atoms with van der Waals surface area (Å²) in [6.07, 6.45) is -1.38. The fraction of sp³-hybridized carbons (Fsp3) is 1.00. The van der Waals surface area contributed by atoms with Gasteiger partial charge in [-0.1, -0.05) is 13.8 Å². The van der Waals surface area contributed by atoms with Gasteiger partial charge in [0.15, 0.2) is 0 Å². The summed E-state index contributed by atoms with van der Waals surface area (Å²) in [7, 11) is 0. The van der Waals surface area contributed by atoms with Crippen molar-refractivity contribution in [2.45, 2.75) is 51.4 Å². The molecule has 0 bridgehead atoms. The molecule has 2 nitrogen and oxygen atoms in total. The number of likely N-dealkylation sites (N-methyl/N-ethyl adjacent to an activating group) is 1. The first-order valence-corrected chi connectivity index (χ1v) is 6.00. The van der Waals surface area contributed by atoms with E-state index in [1.165, 1.54) is 0 Å². The van der Waals surface area contributed by atoms with Crippen LogP contribution in [-0.4, -0.2) is 42.8 Å². The molecular formula is C11H21F3N2. The Labute approximate surface area is 95.2 Å². The molecule has 1 rings (SSSR count). The number of halogens is 3. The Morgan fingerprint density at radius 3 is 2.31 bits per heavy atom. The van der Waals surface area contributed by atoms with E-state index in [1.54, 1.807) is 4.90 Å². The van der Waals surface area contributed by atoms with Gasteiger partial charge in [-0.3, -0.25) is 4.90 Å². The van der Waals surface area contributed by atoms with E-state index in [2.05, 4.69) is 5.32 Å². The maximum atomic E-state index is 12.4. The zero-order valence-corrected chi connectivity index (χ0v) is 9.98. The van der Waals surface area contributed by atoms with Crippen molar-refractivity contribution in [1.82, 2.24) is 10.2 Å². The molecule has 5 heteroatoms. The van der Waals surface area contributed by atoms with Gasteiger partial charge in [-0.25, -0.2) is 0 Å². The quantitative estimate of drug-likeness (QED) is 0.732. The predicted octanol–water partition coefficient (Wildman–Crippen LogP) is 2.40. The summed E-state index contributed by atoms with van der Waals surface area (Å²) in [6.45, 7) is 4.54. The molecule has 0 aromatic carbocycles. The molecule has 1 atom stereocenters. The largest absolute Gasteiger partial charge is 0.401 e. The van der Waals surface area contributed by atoms with Crippen LogP contribution in [0.5, 0.6) is 0 Å². The van der Waals surface area contributed by atoms with Gasteiger partial charge in [0.1, 0.15) is 0 Å². The van der Waals surface area contributed by atoms with Gasteiger partial charge in [0.25, 0.3) is 0 Å². The van der Waals surface area contributed by atoms with Crippen LogP contribution in [0.1, 0.15) is 33.1 Å². The molecule has 0 aromatic rings. The van der Waals surface area contributed by atoms with Crippen LogP contribution >= 0.6 is 0 Å². The molecule has 16 heavy (non-hydrogen) atoms. The summed E-state index contributed by atoms with van der Waals surface area (Å²) in [6, 6.07) is 0.335. The lowest BCUT2D eigenvalue weighted by Gasteiger charge is -2.28. The summed E-state index contributed by atoms with van der Waals surface area (Å²) in [4.78, 5) is 1.58. The average Bonchev–Trinajstić information content (AvgIpc) is 2.96. The van der Waals surface area contributed by atoms with Gasteiger partial charge in [-0.05, 0) is 25.8 Å². The summed E-state index contributed by atoms with van der Waals surface area (Å²) in [5, 5.41) is 3.22. The Morgan fingerprint density at radius 2 is 1.94 bits per heavy atom. The van der Waals surface area contributed by atoms with E-state index in [0.29, 0.717) is 6.54 Å². The Balaban J connectivity index is 2.43. The third-order valence-electron chi connectivity index (χ3n) is 2.89. The van der Waals surface area contributed by atoms with Crippen molar-refractivity contribution in [1.29, 1.82) is 0 Å². The number of nitrogens with one attached hydrogen (secondary N) is 1. The lowest BCUT2D eigenvalue weighted by atomic mass is 10.2. The number of hydrogen-bond donors (Lipinski definition) is 1. The summed E-state index contributed by atoms with van der Waals surface area (Å²) in [5.74, 6) is 0. The molecule has 0 aliphatic heterocycles. The molecule has 1 aliphatic rings. The van der Waals surface area contributed by atoms with E-state index in [-0.39, 0.29) is 12.1 Å². The van der Waals surface area contributed by atoms with Crippen LogP contribution in [-0.2, 0) is 0 Å². The molecular weight excluding hydrogens is 217 g/mol. The van der Waals surface area contributed by atoms with Crippen LogP contribution in [0.25, 0.3) is 0 Å². The second-order valence-electron chi connectivity index (χ2n) is 4.44. The fourth-order valence-corrected chi connectivity index (χ4v) is 1.92. The van der Waals surface area contributed by atoms with Gasteiger partial charge in [0.2, 0.25) is 0 Å². The summed E-state index contributed by atoms with van der Waals surface area (Å²) in [5.41, 5.74) is 0. The molecule has 0 heterocycles. The van der Waals surface area contributed by atoms with Crippen molar-refractivity contribution >= 4 is 0 Å². The van der Waals surface area contributed by atoms with E-state index < -0.39 is 12.7 Å². The number of hydrogen-bond acceptors (Lipinski definition) is 2. The van der Waals surface area contributed by atoms with Gasteiger partial charge in [-0.2, -0.15) is 13.2 Å². The zero-order valence-electron chi connectivity index (χ0n) is 9.98. The van der Waals surface area contributed by atoms with Gasteiger partial charge in [-0.15, -0.1) is 0 Å². The lowest BCUT2D eigenvalue weighted by Crippen LogP contribution is -2.45. The van der Waals surface area contributed by atoms with Crippen molar-refractivity contribution in [2.24, 2.45) is 0 Å². The molecule has 0 radical (unpaired) electrons. The summed E-state index contributed by atoms with van der Waals surface area (Å²) < 4.78 is 37.1. The van der Waals surface area contributed by atoms with Crippen LogP contribution in [0, 0.1) is 0 Å². The maximum Gasteiger partial charge on any atom is 0.401 e. The minimum atomic E-state index is -4.08. The molecule has 0 saturated heterocycles. The molecule has 0 aromatic heterocycles. The van der Waals surface area contributed by atoms with E-state index >= 15 is 0 Å². The monoisotopic (exact) mass is 238 g/mol. The third kappa shape index (κ3) is 5.16. The first kappa shape index (κ1) is 13.8. The fourth-order valence-electron chi connectivity index (χ4n) is 1.92.